The van der Waals surface area contributed by atoms with E-state index in [0.717, 1.165) is 5.56 Å². The zero-order chi connectivity index (χ0) is 19.5. The predicted octanol–water partition coefficient (Wildman–Crippen LogP) is 3.03. The van der Waals surface area contributed by atoms with E-state index in [2.05, 4.69) is 20.4 Å². The molecule has 0 spiro atoms. The molecule has 0 unspecified atom stereocenters. The standard InChI is InChI=1S/C19H15N5O4/c1-12(25)14-10-27-16(21-14)9-24-8-7-15(23-24)22-19(26)17-18(28-11-20-17)13-5-3-2-4-6-13/h2-8,10-11H,9H2,1H3,(H,22,23,26). The van der Waals surface area contributed by atoms with Gasteiger partial charge in [-0.05, 0) is 0 Å². The predicted molar refractivity (Wildman–Crippen MR) is 97.7 cm³/mol. The third-order valence-corrected chi connectivity index (χ3v) is 3.91. The lowest BCUT2D eigenvalue weighted by molar-refractivity contribution is 0.100. The van der Waals surface area contributed by atoms with Crippen LogP contribution in [-0.4, -0.2) is 31.4 Å². The van der Waals surface area contributed by atoms with Crippen LogP contribution in [-0.2, 0) is 6.54 Å². The largest absolute Gasteiger partial charge is 0.446 e. The fourth-order valence-corrected chi connectivity index (χ4v) is 2.58. The van der Waals surface area contributed by atoms with Crippen LogP contribution in [0, 0.1) is 0 Å². The maximum atomic E-state index is 12.6. The Balaban J connectivity index is 1.46. The van der Waals surface area contributed by atoms with E-state index in [1.165, 1.54) is 24.3 Å². The molecule has 3 aromatic heterocycles. The van der Waals surface area contributed by atoms with E-state index in [-0.39, 0.29) is 23.7 Å². The minimum atomic E-state index is -0.437. The van der Waals surface area contributed by atoms with Crippen molar-refractivity contribution in [3.8, 4) is 11.3 Å². The molecule has 0 aliphatic carbocycles. The van der Waals surface area contributed by atoms with Crippen LogP contribution in [0.15, 0.2) is 64.1 Å². The van der Waals surface area contributed by atoms with Crippen molar-refractivity contribution in [3.63, 3.8) is 0 Å². The molecule has 4 aromatic rings. The van der Waals surface area contributed by atoms with Gasteiger partial charge in [-0.1, -0.05) is 30.3 Å². The van der Waals surface area contributed by atoms with E-state index in [9.17, 15) is 9.59 Å². The topological polar surface area (TPSA) is 116 Å². The Bertz CT molecular complexity index is 1130. The number of carbonyl (C=O) groups is 2. The summed E-state index contributed by atoms with van der Waals surface area (Å²) in [4.78, 5) is 31.9. The van der Waals surface area contributed by atoms with Gasteiger partial charge in [0.2, 0.25) is 5.89 Å². The molecule has 0 aliphatic heterocycles. The number of nitrogens with zero attached hydrogens (tertiary/aromatic N) is 4. The van der Waals surface area contributed by atoms with Gasteiger partial charge >= 0.3 is 0 Å². The minimum absolute atomic E-state index is 0.166. The molecule has 0 fully saturated rings. The third-order valence-electron chi connectivity index (χ3n) is 3.91. The van der Waals surface area contributed by atoms with Crippen molar-refractivity contribution in [2.24, 2.45) is 0 Å². The lowest BCUT2D eigenvalue weighted by atomic mass is 10.1. The summed E-state index contributed by atoms with van der Waals surface area (Å²) < 4.78 is 12.1. The summed E-state index contributed by atoms with van der Waals surface area (Å²) in [5.74, 6) is 0.451. The molecule has 9 heteroatoms. The summed E-state index contributed by atoms with van der Waals surface area (Å²) in [6, 6.07) is 10.9. The van der Waals surface area contributed by atoms with E-state index in [0.29, 0.717) is 17.5 Å². The highest BCUT2D eigenvalue weighted by atomic mass is 16.3. The van der Waals surface area contributed by atoms with Crippen LogP contribution in [0.5, 0.6) is 0 Å². The van der Waals surface area contributed by atoms with Crippen LogP contribution in [0.4, 0.5) is 5.82 Å². The Morgan fingerprint density at radius 2 is 1.96 bits per heavy atom. The number of carbonyl (C=O) groups excluding carboxylic acids is 2. The van der Waals surface area contributed by atoms with Gasteiger partial charge < -0.3 is 14.2 Å². The van der Waals surface area contributed by atoms with Gasteiger partial charge in [-0.15, -0.1) is 0 Å². The Hall–Kier alpha value is -4.01. The Morgan fingerprint density at radius 3 is 2.71 bits per heavy atom. The normalized spacial score (nSPS) is 10.8. The third kappa shape index (κ3) is 3.58. The molecule has 0 saturated carbocycles. The van der Waals surface area contributed by atoms with Gasteiger partial charge in [0, 0.05) is 24.8 Å². The maximum Gasteiger partial charge on any atom is 0.279 e. The molecule has 9 nitrogen and oxygen atoms in total. The second-order valence-electron chi connectivity index (χ2n) is 5.93. The monoisotopic (exact) mass is 377 g/mol. The summed E-state index contributed by atoms with van der Waals surface area (Å²) in [7, 11) is 0. The molecule has 3 heterocycles. The first-order chi connectivity index (χ1) is 13.6. The van der Waals surface area contributed by atoms with Crippen molar-refractivity contribution in [1.29, 1.82) is 0 Å². The summed E-state index contributed by atoms with van der Waals surface area (Å²) in [6.07, 6.45) is 4.19. The molecule has 4 rings (SSSR count). The minimum Gasteiger partial charge on any atom is -0.446 e. The highest BCUT2D eigenvalue weighted by Gasteiger charge is 2.19. The molecule has 28 heavy (non-hydrogen) atoms. The maximum absolute atomic E-state index is 12.6. The smallest absolute Gasteiger partial charge is 0.279 e. The highest BCUT2D eigenvalue weighted by molar-refractivity contribution is 6.05. The van der Waals surface area contributed by atoms with Crippen LogP contribution >= 0.6 is 0 Å². The van der Waals surface area contributed by atoms with Crippen molar-refractivity contribution in [2.75, 3.05) is 5.32 Å². The number of oxazole rings is 2. The van der Waals surface area contributed by atoms with Crippen LogP contribution in [0.25, 0.3) is 11.3 Å². The first kappa shape index (κ1) is 17.4. The van der Waals surface area contributed by atoms with E-state index < -0.39 is 5.91 Å². The number of benzene rings is 1. The molecule has 1 amide bonds. The summed E-state index contributed by atoms with van der Waals surface area (Å²) in [6.45, 7) is 1.64. The van der Waals surface area contributed by atoms with Crippen molar-refractivity contribution in [3.05, 3.63) is 72.5 Å². The number of rotatable bonds is 6. The number of nitrogens with one attached hydrogen (secondary N) is 1. The quantitative estimate of drug-likeness (QED) is 0.513. The second kappa shape index (κ2) is 7.31. The molecule has 0 radical (unpaired) electrons. The number of amides is 1. The second-order valence-corrected chi connectivity index (χ2v) is 5.93. The first-order valence-electron chi connectivity index (χ1n) is 8.39. The highest BCUT2D eigenvalue weighted by Crippen LogP contribution is 2.23. The molecule has 0 saturated heterocycles. The van der Waals surface area contributed by atoms with Crippen molar-refractivity contribution < 1.29 is 18.4 Å². The number of aromatic nitrogens is 4. The van der Waals surface area contributed by atoms with Crippen LogP contribution in [0.1, 0.15) is 33.8 Å². The van der Waals surface area contributed by atoms with Gasteiger partial charge in [-0.2, -0.15) is 5.10 Å². The van der Waals surface area contributed by atoms with E-state index in [1.807, 2.05) is 30.3 Å². The van der Waals surface area contributed by atoms with Gasteiger partial charge in [-0.25, -0.2) is 9.97 Å². The van der Waals surface area contributed by atoms with Crippen molar-refractivity contribution in [1.82, 2.24) is 19.7 Å². The summed E-state index contributed by atoms with van der Waals surface area (Å²) in [5, 5.41) is 6.94. The number of Topliss-reactive ketones (excluding diaryl/α,β-unsaturated/α-hetero) is 1. The van der Waals surface area contributed by atoms with E-state index in [1.54, 1.807) is 12.3 Å². The average Bonchev–Trinajstić information content (AvgIpc) is 3.43. The van der Waals surface area contributed by atoms with Gasteiger partial charge in [0.1, 0.15) is 18.5 Å². The zero-order valence-electron chi connectivity index (χ0n) is 14.8. The Morgan fingerprint density at radius 1 is 1.14 bits per heavy atom. The SMILES string of the molecule is CC(=O)c1coc(Cn2ccc(NC(=O)c3ncoc3-c3ccccc3)n2)n1. The van der Waals surface area contributed by atoms with Gasteiger partial charge in [0.15, 0.2) is 29.4 Å². The average molecular weight is 377 g/mol. The van der Waals surface area contributed by atoms with E-state index in [4.69, 9.17) is 8.83 Å². The molecule has 1 aromatic carbocycles. The molecular weight excluding hydrogens is 362 g/mol. The summed E-state index contributed by atoms with van der Waals surface area (Å²) >= 11 is 0. The fraction of sp³-hybridized carbons (Fsp3) is 0.105. The van der Waals surface area contributed by atoms with Gasteiger partial charge in [-0.3, -0.25) is 14.3 Å². The number of hydrogen-bond donors (Lipinski definition) is 1. The van der Waals surface area contributed by atoms with Crippen LogP contribution < -0.4 is 5.32 Å². The fourth-order valence-electron chi connectivity index (χ4n) is 2.58. The van der Waals surface area contributed by atoms with Crippen molar-refractivity contribution in [2.45, 2.75) is 13.5 Å². The summed E-state index contributed by atoms with van der Waals surface area (Å²) in [5.41, 5.74) is 1.18. The molecular formula is C19H15N5O4. The van der Waals surface area contributed by atoms with Gasteiger partial charge in [0.25, 0.3) is 5.91 Å². The lowest BCUT2D eigenvalue weighted by Crippen LogP contribution is -2.14. The van der Waals surface area contributed by atoms with Crippen LogP contribution in [0.3, 0.4) is 0 Å². The molecule has 0 atom stereocenters. The molecule has 140 valence electrons. The Kier molecular flexibility index (Phi) is 4.55. The number of anilines is 1. The first-order valence-corrected chi connectivity index (χ1v) is 8.39. The van der Waals surface area contributed by atoms with Gasteiger partial charge in [0.05, 0.1) is 0 Å². The number of hydrogen-bond acceptors (Lipinski definition) is 7. The van der Waals surface area contributed by atoms with E-state index >= 15 is 0 Å². The lowest BCUT2D eigenvalue weighted by Gasteiger charge is -2.02. The zero-order valence-corrected chi connectivity index (χ0v) is 14.8. The Labute approximate surface area is 159 Å². The molecule has 0 bridgehead atoms. The number of ketones is 1. The molecule has 0 aliphatic rings. The van der Waals surface area contributed by atoms with Crippen molar-refractivity contribution >= 4 is 17.5 Å². The van der Waals surface area contributed by atoms with Crippen LogP contribution in [0.2, 0.25) is 0 Å². The molecule has 1 N–H and O–H groups in total.